The lowest BCUT2D eigenvalue weighted by atomic mass is 9.96. The molecule has 1 radical (unpaired) electrons. The molecule has 1 N–H and O–H groups in total. The van der Waals surface area contributed by atoms with Crippen LogP contribution in [0.1, 0.15) is 45.2 Å². The summed E-state index contributed by atoms with van der Waals surface area (Å²) >= 11 is 0. The number of methoxy groups -OCH3 is 1. The molecule has 0 heterocycles. The summed E-state index contributed by atoms with van der Waals surface area (Å²) in [4.78, 5) is 0. The molecule has 0 aromatic heterocycles. The highest BCUT2D eigenvalue weighted by atomic mass is 28.3. The fraction of sp³-hybridized carbons (Fsp3) is 0.478. The molecule has 153 valence electrons. The molecule has 0 aliphatic rings. The maximum atomic E-state index is 9.99. The average molecular weight is 402 g/mol. The number of ether oxygens (including phenoxy) is 1. The highest BCUT2D eigenvalue weighted by molar-refractivity contribution is 6.44. The lowest BCUT2D eigenvalue weighted by Crippen LogP contribution is -2.29. The number of hydrogen-bond acceptors (Lipinski definition) is 4. The Labute approximate surface area is 171 Å². The monoisotopic (exact) mass is 401 g/mol. The van der Waals surface area contributed by atoms with Gasteiger partial charge >= 0.3 is 9.28 Å². The highest BCUT2D eigenvalue weighted by Gasteiger charge is 2.19. The topological polar surface area (TPSA) is 47.9 Å². The maximum absolute atomic E-state index is 9.99. The van der Waals surface area contributed by atoms with E-state index >= 15 is 0 Å². The number of hydrogen-bond donors (Lipinski definition) is 1. The molecule has 2 aromatic rings. The number of aryl methyl sites for hydroxylation is 1. The number of aromatic hydroxyl groups is 1. The van der Waals surface area contributed by atoms with Crippen LogP contribution in [0.2, 0.25) is 6.04 Å². The average Bonchev–Trinajstić information content (AvgIpc) is 2.62. The Hall–Kier alpha value is -1.66. The van der Waals surface area contributed by atoms with Crippen LogP contribution in [0.4, 0.5) is 0 Å². The van der Waals surface area contributed by atoms with E-state index in [0.29, 0.717) is 12.4 Å². The van der Waals surface area contributed by atoms with Crippen molar-refractivity contribution in [2.75, 3.05) is 7.11 Å². The highest BCUT2D eigenvalue weighted by Crippen LogP contribution is 2.29. The van der Waals surface area contributed by atoms with Gasteiger partial charge < -0.3 is 18.7 Å². The Bertz CT molecular complexity index is 703. The van der Waals surface area contributed by atoms with E-state index in [1.54, 1.807) is 13.2 Å². The standard InChI is InChI=1S/C23H33O4Si/c1-17(2)26-28(27-18(3)4)14-6-7-21-15-22(24)12-13-23(21)20-10-8-19(9-11-20)16-25-5/h8-13,15,17-18,24H,6-7,14,16H2,1-5H3. The van der Waals surface area contributed by atoms with Crippen LogP contribution in [0.15, 0.2) is 42.5 Å². The van der Waals surface area contributed by atoms with E-state index in [2.05, 4.69) is 52.0 Å². The predicted octanol–water partition coefficient (Wildman–Crippen LogP) is 5.48. The normalized spacial score (nSPS) is 11.7. The van der Waals surface area contributed by atoms with E-state index in [4.69, 9.17) is 13.6 Å². The van der Waals surface area contributed by atoms with Gasteiger partial charge in [0.15, 0.2) is 0 Å². The molecule has 0 unspecified atom stereocenters. The Morgan fingerprint density at radius 3 is 2.14 bits per heavy atom. The molecule has 0 aliphatic heterocycles. The van der Waals surface area contributed by atoms with Crippen LogP contribution in [0, 0.1) is 0 Å². The first kappa shape index (κ1) is 22.6. The van der Waals surface area contributed by atoms with Crippen LogP contribution in [0.25, 0.3) is 11.1 Å². The van der Waals surface area contributed by atoms with Crippen LogP contribution in [-0.4, -0.2) is 33.7 Å². The van der Waals surface area contributed by atoms with Gasteiger partial charge in [-0.1, -0.05) is 30.3 Å². The molecule has 0 atom stereocenters. The summed E-state index contributed by atoms with van der Waals surface area (Å²) in [6.45, 7) is 8.81. The fourth-order valence-electron chi connectivity index (χ4n) is 3.11. The molecule has 0 aliphatic carbocycles. The number of benzene rings is 2. The largest absolute Gasteiger partial charge is 0.508 e. The minimum Gasteiger partial charge on any atom is -0.508 e. The van der Waals surface area contributed by atoms with Crippen molar-refractivity contribution in [1.82, 2.24) is 0 Å². The second-order valence-corrected chi connectivity index (χ2v) is 9.25. The second kappa shape index (κ2) is 11.4. The summed E-state index contributed by atoms with van der Waals surface area (Å²) in [6, 6.07) is 14.9. The lowest BCUT2D eigenvalue weighted by molar-refractivity contribution is 0.129. The molecule has 0 fully saturated rings. The summed E-state index contributed by atoms with van der Waals surface area (Å²) in [5.74, 6) is 0.303. The minimum absolute atomic E-state index is 0.176. The first-order valence-electron chi connectivity index (χ1n) is 9.98. The molecule has 0 saturated carbocycles. The molecule has 0 saturated heterocycles. The van der Waals surface area contributed by atoms with Crippen LogP contribution in [0.5, 0.6) is 5.75 Å². The molecule has 2 rings (SSSR count). The van der Waals surface area contributed by atoms with Crippen molar-refractivity contribution in [2.24, 2.45) is 0 Å². The van der Waals surface area contributed by atoms with Gasteiger partial charge in [-0.2, -0.15) is 0 Å². The van der Waals surface area contributed by atoms with Crippen molar-refractivity contribution in [3.05, 3.63) is 53.6 Å². The molecule has 0 amide bonds. The van der Waals surface area contributed by atoms with Gasteiger partial charge in [0.2, 0.25) is 0 Å². The Morgan fingerprint density at radius 2 is 1.57 bits per heavy atom. The molecule has 2 aromatic carbocycles. The van der Waals surface area contributed by atoms with Crippen LogP contribution in [0.3, 0.4) is 0 Å². The first-order chi connectivity index (χ1) is 13.4. The quantitative estimate of drug-likeness (QED) is 0.507. The van der Waals surface area contributed by atoms with Gasteiger partial charge in [0.05, 0.1) is 6.61 Å². The van der Waals surface area contributed by atoms with Crippen molar-refractivity contribution in [1.29, 1.82) is 0 Å². The smallest absolute Gasteiger partial charge is 0.385 e. The third-order valence-electron chi connectivity index (χ3n) is 4.23. The van der Waals surface area contributed by atoms with Crippen molar-refractivity contribution in [3.63, 3.8) is 0 Å². The van der Waals surface area contributed by atoms with Crippen molar-refractivity contribution in [2.45, 2.75) is 65.4 Å². The van der Waals surface area contributed by atoms with Crippen LogP contribution in [-0.2, 0) is 26.6 Å². The van der Waals surface area contributed by atoms with Gasteiger partial charge in [-0.15, -0.1) is 0 Å². The molecule has 5 heteroatoms. The number of phenols is 1. The lowest BCUT2D eigenvalue weighted by Gasteiger charge is -2.20. The maximum Gasteiger partial charge on any atom is 0.385 e. The Balaban J connectivity index is 2.09. The second-order valence-electron chi connectivity index (χ2n) is 7.53. The first-order valence-corrected chi connectivity index (χ1v) is 11.5. The van der Waals surface area contributed by atoms with Crippen LogP contribution < -0.4 is 0 Å². The van der Waals surface area contributed by atoms with E-state index in [1.807, 2.05) is 12.1 Å². The van der Waals surface area contributed by atoms with Gasteiger partial charge in [0.25, 0.3) is 0 Å². The number of phenolic OH excluding ortho intramolecular Hbond substituents is 1. The zero-order chi connectivity index (χ0) is 20.5. The van der Waals surface area contributed by atoms with Crippen molar-refractivity contribution in [3.8, 4) is 16.9 Å². The SMILES string of the molecule is COCc1ccc(-c2ccc(O)cc2CCC[Si](OC(C)C)OC(C)C)cc1. The summed E-state index contributed by atoms with van der Waals surface area (Å²) < 4.78 is 17.2. The van der Waals surface area contributed by atoms with E-state index in [-0.39, 0.29) is 12.2 Å². The molecular formula is C23H33O4Si. The van der Waals surface area contributed by atoms with Crippen molar-refractivity contribution >= 4 is 9.28 Å². The van der Waals surface area contributed by atoms with Crippen LogP contribution >= 0.6 is 0 Å². The van der Waals surface area contributed by atoms with Gasteiger partial charge in [-0.25, -0.2) is 0 Å². The van der Waals surface area contributed by atoms with Crippen molar-refractivity contribution < 1.29 is 18.7 Å². The van der Waals surface area contributed by atoms with Gasteiger partial charge in [0, 0.05) is 19.3 Å². The molecule has 0 spiro atoms. The van der Waals surface area contributed by atoms with Gasteiger partial charge in [0.1, 0.15) is 5.75 Å². The zero-order valence-electron chi connectivity index (χ0n) is 17.7. The Morgan fingerprint density at radius 1 is 0.929 bits per heavy atom. The van der Waals surface area contributed by atoms with Gasteiger partial charge in [-0.05, 0) is 81.0 Å². The van der Waals surface area contributed by atoms with E-state index in [1.165, 1.54) is 0 Å². The summed E-state index contributed by atoms with van der Waals surface area (Å²) in [6.07, 6.45) is 2.19. The van der Waals surface area contributed by atoms with E-state index in [9.17, 15) is 5.11 Å². The summed E-state index contributed by atoms with van der Waals surface area (Å²) in [5, 5.41) is 9.99. The molecule has 4 nitrogen and oxygen atoms in total. The summed E-state index contributed by atoms with van der Waals surface area (Å²) in [5.41, 5.74) is 4.60. The number of rotatable bonds is 11. The minimum atomic E-state index is -1.29. The Kier molecular flexibility index (Phi) is 9.18. The van der Waals surface area contributed by atoms with E-state index in [0.717, 1.165) is 41.1 Å². The van der Waals surface area contributed by atoms with E-state index < -0.39 is 9.28 Å². The molecule has 0 bridgehead atoms. The summed E-state index contributed by atoms with van der Waals surface area (Å²) in [7, 11) is 0.414. The van der Waals surface area contributed by atoms with Gasteiger partial charge in [-0.3, -0.25) is 0 Å². The zero-order valence-corrected chi connectivity index (χ0v) is 18.7. The third-order valence-corrected chi connectivity index (χ3v) is 6.46. The molecular weight excluding hydrogens is 368 g/mol. The molecule has 28 heavy (non-hydrogen) atoms. The third kappa shape index (κ3) is 7.39. The predicted molar refractivity (Wildman–Crippen MR) is 116 cm³/mol. The fourth-order valence-corrected chi connectivity index (χ4v) is 4.92.